The lowest BCUT2D eigenvalue weighted by atomic mass is 9.58. The fourth-order valence-electron chi connectivity index (χ4n) is 10.4. The predicted molar refractivity (Wildman–Crippen MR) is 185 cm³/mol. The largest absolute Gasteiger partial charge is 0.345 e. The zero-order chi connectivity index (χ0) is 34.2. The number of hydrogen-bond acceptors (Lipinski definition) is 8. The Morgan fingerprint density at radius 3 is 2.63 bits per heavy atom. The second kappa shape index (κ2) is 14.5. The van der Waals surface area contributed by atoms with Gasteiger partial charge in [-0.05, 0) is 94.6 Å². The first-order valence-electron chi connectivity index (χ1n) is 19.0. The molecule has 7 unspecified atom stereocenters. The molecule has 7 rings (SSSR count). The van der Waals surface area contributed by atoms with Gasteiger partial charge in [0.15, 0.2) is 11.6 Å². The van der Waals surface area contributed by atoms with Crippen molar-refractivity contribution in [3.63, 3.8) is 0 Å². The Bertz CT molecular complexity index is 1440. The van der Waals surface area contributed by atoms with E-state index in [2.05, 4.69) is 40.1 Å². The van der Waals surface area contributed by atoms with Crippen LogP contribution in [0, 0.1) is 34.4 Å². The van der Waals surface area contributed by atoms with E-state index in [1.54, 1.807) is 11.0 Å². The number of benzene rings is 1. The number of nitriles is 1. The Labute approximate surface area is 291 Å². The van der Waals surface area contributed by atoms with Crippen LogP contribution in [0.2, 0.25) is 0 Å². The molecule has 3 aliphatic carbocycles. The number of carbonyl (C=O) groups excluding carboxylic acids is 2. The summed E-state index contributed by atoms with van der Waals surface area (Å²) < 4.78 is 22.5. The zero-order valence-corrected chi connectivity index (χ0v) is 29.3. The molecular formula is C39H55FN6O3. The lowest BCUT2D eigenvalue weighted by molar-refractivity contribution is -0.208. The van der Waals surface area contributed by atoms with E-state index in [1.807, 2.05) is 6.07 Å². The van der Waals surface area contributed by atoms with Crippen molar-refractivity contribution >= 4 is 11.7 Å². The molecule has 0 radical (unpaired) electrons. The van der Waals surface area contributed by atoms with Crippen molar-refractivity contribution in [3.05, 3.63) is 47.8 Å². The molecule has 0 aromatic heterocycles. The molecule has 7 atom stereocenters. The molecule has 3 aliphatic heterocycles. The molecule has 3 saturated heterocycles. The van der Waals surface area contributed by atoms with Crippen molar-refractivity contribution in [1.82, 2.24) is 25.3 Å². The Morgan fingerprint density at radius 2 is 1.90 bits per heavy atom. The Morgan fingerprint density at radius 1 is 1.08 bits per heavy atom. The summed E-state index contributed by atoms with van der Waals surface area (Å²) in [6, 6.07) is 7.26. The van der Waals surface area contributed by atoms with Crippen molar-refractivity contribution in [3.8, 4) is 6.07 Å². The molecule has 3 heterocycles. The third kappa shape index (κ3) is 6.62. The number of nitrogens with zero attached hydrogens (tertiary/aromatic N) is 4. The van der Waals surface area contributed by atoms with E-state index in [4.69, 9.17) is 4.74 Å². The number of fused-ring (bicyclic) bond motifs is 2. The first-order valence-corrected chi connectivity index (χ1v) is 19.0. The number of nitrogens with one attached hydrogen (secondary N) is 2. The van der Waals surface area contributed by atoms with Gasteiger partial charge >= 0.3 is 0 Å². The van der Waals surface area contributed by atoms with Gasteiger partial charge in [0.2, 0.25) is 5.91 Å². The van der Waals surface area contributed by atoms with Gasteiger partial charge in [0.1, 0.15) is 5.82 Å². The molecule has 2 N–H and O–H groups in total. The van der Waals surface area contributed by atoms with Gasteiger partial charge in [-0.1, -0.05) is 44.4 Å². The van der Waals surface area contributed by atoms with E-state index in [0.717, 1.165) is 69.9 Å². The SMILES string of the molecule is C=CC(=O)N1CCN(C2NC(OCC3CCCN3C)(C3CCCCCC3)NC3C(=O)C4(CCc5cccc(F)c5C4)CCC32)CC1CC#N. The number of rotatable bonds is 7. The first-order chi connectivity index (χ1) is 23.8. The van der Waals surface area contributed by atoms with Crippen LogP contribution in [-0.4, -0.2) is 96.4 Å². The molecule has 266 valence electrons. The molecule has 10 heteroatoms. The zero-order valence-electron chi connectivity index (χ0n) is 29.3. The van der Waals surface area contributed by atoms with Crippen LogP contribution in [0.4, 0.5) is 4.39 Å². The van der Waals surface area contributed by atoms with Crippen LogP contribution in [0.25, 0.3) is 0 Å². The average Bonchev–Trinajstić information content (AvgIpc) is 3.33. The minimum Gasteiger partial charge on any atom is -0.345 e. The van der Waals surface area contributed by atoms with Gasteiger partial charge in [0.05, 0.1) is 37.3 Å². The average molecular weight is 675 g/mol. The second-order valence-electron chi connectivity index (χ2n) is 15.9. The van der Waals surface area contributed by atoms with Crippen LogP contribution >= 0.6 is 0 Å². The van der Waals surface area contributed by atoms with Crippen molar-refractivity contribution in [2.45, 2.75) is 120 Å². The molecule has 49 heavy (non-hydrogen) atoms. The number of halogens is 1. The number of likely N-dealkylation sites (N-methyl/N-ethyl adjacent to an activating group) is 1. The monoisotopic (exact) mass is 674 g/mol. The maximum Gasteiger partial charge on any atom is 0.246 e. The Balaban J connectivity index is 1.25. The van der Waals surface area contributed by atoms with E-state index in [1.165, 1.54) is 25.0 Å². The van der Waals surface area contributed by atoms with Crippen LogP contribution in [0.3, 0.4) is 0 Å². The van der Waals surface area contributed by atoms with Crippen molar-refractivity contribution < 1.29 is 18.7 Å². The van der Waals surface area contributed by atoms with E-state index < -0.39 is 17.3 Å². The molecular weight excluding hydrogens is 619 g/mol. The van der Waals surface area contributed by atoms with Gasteiger partial charge in [-0.15, -0.1) is 0 Å². The molecule has 6 aliphatic rings. The van der Waals surface area contributed by atoms with Gasteiger partial charge in [-0.3, -0.25) is 25.1 Å². The second-order valence-corrected chi connectivity index (χ2v) is 15.9. The molecule has 1 aromatic carbocycles. The molecule has 1 aromatic rings. The number of aryl methyl sites for hydroxylation is 1. The minimum atomic E-state index is -0.898. The summed E-state index contributed by atoms with van der Waals surface area (Å²) in [6.45, 7) is 7.02. The van der Waals surface area contributed by atoms with Gasteiger partial charge in [-0.25, -0.2) is 4.39 Å². The van der Waals surface area contributed by atoms with Crippen LogP contribution in [0.15, 0.2) is 30.9 Å². The number of piperazine rings is 1. The Kier molecular flexibility index (Phi) is 10.3. The van der Waals surface area contributed by atoms with Gasteiger partial charge in [0, 0.05) is 42.9 Å². The van der Waals surface area contributed by atoms with E-state index >= 15 is 9.18 Å². The molecule has 2 saturated carbocycles. The summed E-state index contributed by atoms with van der Waals surface area (Å²) in [7, 11) is 2.17. The van der Waals surface area contributed by atoms with Gasteiger partial charge < -0.3 is 14.5 Å². The highest BCUT2D eigenvalue weighted by atomic mass is 19.1. The highest BCUT2D eigenvalue weighted by molar-refractivity contribution is 5.92. The van der Waals surface area contributed by atoms with E-state index in [-0.39, 0.29) is 48.0 Å². The van der Waals surface area contributed by atoms with Crippen LogP contribution < -0.4 is 10.6 Å². The maximum absolute atomic E-state index is 15.2. The smallest absolute Gasteiger partial charge is 0.246 e. The number of carbonyl (C=O) groups is 2. The minimum absolute atomic E-state index is 0.0267. The summed E-state index contributed by atoms with van der Waals surface area (Å²) in [6.07, 6.45) is 13.8. The number of ketones is 1. The summed E-state index contributed by atoms with van der Waals surface area (Å²) in [5.41, 5.74) is 1.14. The summed E-state index contributed by atoms with van der Waals surface area (Å²) >= 11 is 0. The van der Waals surface area contributed by atoms with E-state index in [0.29, 0.717) is 50.7 Å². The topological polar surface area (TPSA) is 101 Å². The van der Waals surface area contributed by atoms with Crippen LogP contribution in [0.1, 0.15) is 88.2 Å². The standard InChI is InChI=1S/C39H55FN6O3/c1-3-34(47)46-23-22-45(25-29(46)17-20-41)37-31-16-19-38(18-15-27-10-8-14-33(40)32(27)24-38)36(48)35(31)42-39(43-37,28-11-6-4-5-7-12-28)49-26-30-13-9-21-44(30)2/h3,8,10,14,28-31,35,37,42-43H,1,4-7,9,11-13,15-19,21-26H2,2H3. The maximum atomic E-state index is 15.2. The summed E-state index contributed by atoms with van der Waals surface area (Å²) in [5.74, 6) is -0.884. The summed E-state index contributed by atoms with van der Waals surface area (Å²) in [5, 5.41) is 17.8. The highest BCUT2D eigenvalue weighted by Crippen LogP contribution is 2.49. The Hall–Kier alpha value is -2.68. The lowest BCUT2D eigenvalue weighted by Crippen LogP contribution is -2.81. The fraction of sp³-hybridized carbons (Fsp3) is 0.718. The third-order valence-corrected chi connectivity index (χ3v) is 13.2. The fourth-order valence-corrected chi connectivity index (χ4v) is 10.4. The van der Waals surface area contributed by atoms with Crippen molar-refractivity contribution in [2.75, 3.05) is 39.8 Å². The van der Waals surface area contributed by atoms with Crippen molar-refractivity contribution in [2.24, 2.45) is 17.3 Å². The highest BCUT2D eigenvalue weighted by Gasteiger charge is 2.59. The normalized spacial score (nSPS) is 36.1. The number of Topliss-reactive ketones (excluding diaryl/α,β-unsaturated/α-hetero) is 1. The predicted octanol–water partition coefficient (Wildman–Crippen LogP) is 4.51. The number of hydrogen-bond donors (Lipinski definition) is 2. The molecule has 5 fully saturated rings. The first kappa shape index (κ1) is 34.8. The van der Waals surface area contributed by atoms with Gasteiger partial charge in [0.25, 0.3) is 0 Å². The summed E-state index contributed by atoms with van der Waals surface area (Å²) in [4.78, 5) is 34.6. The number of amides is 1. The van der Waals surface area contributed by atoms with E-state index in [9.17, 15) is 10.1 Å². The number of likely N-dealkylation sites (tertiary alicyclic amines) is 1. The quantitative estimate of drug-likeness (QED) is 0.322. The molecule has 0 bridgehead atoms. The van der Waals surface area contributed by atoms with Crippen LogP contribution in [0.5, 0.6) is 0 Å². The molecule has 1 amide bonds. The number of ether oxygens (including phenoxy) is 1. The van der Waals surface area contributed by atoms with Crippen molar-refractivity contribution in [1.29, 1.82) is 5.26 Å². The molecule has 1 spiro atoms. The molecule has 9 nitrogen and oxygen atoms in total. The lowest BCUT2D eigenvalue weighted by Gasteiger charge is -2.60. The van der Waals surface area contributed by atoms with Gasteiger partial charge in [-0.2, -0.15) is 5.26 Å². The third-order valence-electron chi connectivity index (χ3n) is 13.2. The van der Waals surface area contributed by atoms with Crippen LogP contribution in [-0.2, 0) is 27.2 Å².